The summed E-state index contributed by atoms with van der Waals surface area (Å²) in [7, 11) is 0. The maximum absolute atomic E-state index is 11.7. The highest BCUT2D eigenvalue weighted by Crippen LogP contribution is 2.31. The predicted molar refractivity (Wildman–Crippen MR) is 117 cm³/mol. The normalized spacial score (nSPS) is 11.5. The van der Waals surface area contributed by atoms with Crippen molar-refractivity contribution in [2.24, 2.45) is 10.7 Å². The summed E-state index contributed by atoms with van der Waals surface area (Å²) in [5.41, 5.74) is 7.13. The molecule has 0 aromatic heterocycles. The van der Waals surface area contributed by atoms with E-state index in [4.69, 9.17) is 5.73 Å². The Balaban J connectivity index is 1.82. The van der Waals surface area contributed by atoms with E-state index in [0.717, 1.165) is 5.39 Å². The second kappa shape index (κ2) is 7.56. The van der Waals surface area contributed by atoms with Gasteiger partial charge in [-0.3, -0.25) is 0 Å². The Morgan fingerprint density at radius 3 is 2.03 bits per heavy atom. The number of fused-ring (bicyclic) bond motifs is 2. The Hall–Kier alpha value is -4.39. The molecule has 4 aromatic carbocycles. The number of nitrogens with one attached hydrogen (secondary N) is 1. The highest BCUT2D eigenvalue weighted by Gasteiger charge is 2.15. The van der Waals surface area contributed by atoms with E-state index in [-0.39, 0.29) is 22.8 Å². The number of carboxylic acids is 2. The third kappa shape index (κ3) is 3.40. The first kappa shape index (κ1) is 18.9. The summed E-state index contributed by atoms with van der Waals surface area (Å²) in [5, 5.41) is 24.7. The molecule has 4 rings (SSSR count). The minimum absolute atomic E-state index is 0.0120. The number of benzene rings is 4. The van der Waals surface area contributed by atoms with Crippen LogP contribution in [0.3, 0.4) is 0 Å². The van der Waals surface area contributed by atoms with Crippen LogP contribution in [-0.4, -0.2) is 28.1 Å². The van der Waals surface area contributed by atoms with Gasteiger partial charge in [0.1, 0.15) is 0 Å². The number of hydrogen-bond acceptors (Lipinski definition) is 3. The van der Waals surface area contributed by atoms with Crippen LogP contribution >= 0.6 is 0 Å². The number of aliphatic imine (C=N–C) groups is 1. The Bertz CT molecular complexity index is 1350. The number of carboxylic acid groups (broad SMARTS) is 2. The summed E-state index contributed by atoms with van der Waals surface area (Å²) in [6, 6.07) is 20.6. The predicted octanol–water partition coefficient (Wildman–Crippen LogP) is 4.45. The average Bonchev–Trinajstić information content (AvgIpc) is 2.73. The van der Waals surface area contributed by atoms with Crippen molar-refractivity contribution in [3.05, 3.63) is 83.9 Å². The van der Waals surface area contributed by atoms with E-state index in [0.29, 0.717) is 21.8 Å². The maximum atomic E-state index is 11.7. The first-order valence-corrected chi connectivity index (χ1v) is 9.07. The van der Waals surface area contributed by atoms with E-state index < -0.39 is 11.9 Å². The molecule has 7 nitrogen and oxygen atoms in total. The van der Waals surface area contributed by atoms with Crippen LogP contribution in [0.15, 0.2) is 77.8 Å². The number of guanidine groups is 1. The SMILES string of the molecule is NC(=Nc1c(C(=O)O)ccc2ccccc12)Nc1ccc(C(=O)O)c2ccccc12. The molecule has 0 aliphatic heterocycles. The molecule has 7 heteroatoms. The van der Waals surface area contributed by atoms with Gasteiger partial charge in [0.2, 0.25) is 0 Å². The molecule has 30 heavy (non-hydrogen) atoms. The number of rotatable bonds is 4. The van der Waals surface area contributed by atoms with Gasteiger partial charge in [-0.05, 0) is 29.0 Å². The molecule has 0 aliphatic rings. The Kier molecular flexibility index (Phi) is 4.77. The molecule has 0 spiro atoms. The molecular formula is C23H17N3O4. The second-order valence-corrected chi connectivity index (χ2v) is 6.62. The smallest absolute Gasteiger partial charge is 0.337 e. The largest absolute Gasteiger partial charge is 0.478 e. The van der Waals surface area contributed by atoms with E-state index in [1.54, 1.807) is 48.5 Å². The fraction of sp³-hybridized carbons (Fsp3) is 0. The van der Waals surface area contributed by atoms with E-state index in [2.05, 4.69) is 10.3 Å². The zero-order chi connectivity index (χ0) is 21.3. The molecule has 148 valence electrons. The van der Waals surface area contributed by atoms with Crippen LogP contribution < -0.4 is 11.1 Å². The molecule has 0 fully saturated rings. The van der Waals surface area contributed by atoms with Gasteiger partial charge in [0.15, 0.2) is 5.96 Å². The van der Waals surface area contributed by atoms with E-state index in [9.17, 15) is 19.8 Å². The summed E-state index contributed by atoms with van der Waals surface area (Å²) < 4.78 is 0. The molecule has 0 bridgehead atoms. The van der Waals surface area contributed by atoms with Crippen molar-refractivity contribution >= 4 is 50.8 Å². The van der Waals surface area contributed by atoms with E-state index in [1.807, 2.05) is 12.1 Å². The lowest BCUT2D eigenvalue weighted by Crippen LogP contribution is -2.22. The molecule has 5 N–H and O–H groups in total. The lowest BCUT2D eigenvalue weighted by molar-refractivity contribution is 0.0687. The molecule has 0 saturated heterocycles. The number of hydrogen-bond donors (Lipinski definition) is 4. The molecule has 0 heterocycles. The molecule has 0 amide bonds. The summed E-state index contributed by atoms with van der Waals surface area (Å²) in [4.78, 5) is 27.5. The molecule has 0 aliphatic carbocycles. The summed E-state index contributed by atoms with van der Waals surface area (Å²) in [6.45, 7) is 0. The van der Waals surface area contributed by atoms with Gasteiger partial charge in [-0.25, -0.2) is 14.6 Å². The third-order valence-corrected chi connectivity index (χ3v) is 4.78. The molecule has 0 atom stereocenters. The second-order valence-electron chi connectivity index (χ2n) is 6.62. The summed E-state index contributed by atoms with van der Waals surface area (Å²) >= 11 is 0. The van der Waals surface area contributed by atoms with Gasteiger partial charge in [-0.2, -0.15) is 0 Å². The Morgan fingerprint density at radius 1 is 0.733 bits per heavy atom. The molecule has 0 saturated carbocycles. The number of anilines is 1. The van der Waals surface area contributed by atoms with Crippen molar-refractivity contribution in [3.63, 3.8) is 0 Å². The van der Waals surface area contributed by atoms with Gasteiger partial charge in [-0.1, -0.05) is 54.6 Å². The van der Waals surface area contributed by atoms with Gasteiger partial charge in [0, 0.05) is 16.5 Å². The maximum Gasteiger partial charge on any atom is 0.337 e. The van der Waals surface area contributed by atoms with Crippen molar-refractivity contribution in [1.82, 2.24) is 0 Å². The van der Waals surface area contributed by atoms with Crippen molar-refractivity contribution in [3.8, 4) is 0 Å². The Labute approximate surface area is 171 Å². The standard InChI is InChI=1S/C23H17N3O4/c24-23(25-19-12-11-17(21(27)28)15-7-3-4-8-16(15)19)26-20-14-6-2-1-5-13(14)9-10-18(20)22(29)30/h1-12H,(H,27,28)(H,29,30)(H3,24,25,26). The topological polar surface area (TPSA) is 125 Å². The highest BCUT2D eigenvalue weighted by atomic mass is 16.4. The van der Waals surface area contributed by atoms with Gasteiger partial charge in [0.25, 0.3) is 0 Å². The first-order chi connectivity index (χ1) is 14.5. The van der Waals surface area contributed by atoms with Crippen LogP contribution in [0.25, 0.3) is 21.5 Å². The van der Waals surface area contributed by atoms with E-state index >= 15 is 0 Å². The zero-order valence-electron chi connectivity index (χ0n) is 15.7. The van der Waals surface area contributed by atoms with Crippen LogP contribution in [0.1, 0.15) is 20.7 Å². The van der Waals surface area contributed by atoms with Gasteiger partial charge < -0.3 is 21.3 Å². The van der Waals surface area contributed by atoms with Gasteiger partial charge >= 0.3 is 11.9 Å². The van der Waals surface area contributed by atoms with Crippen LogP contribution in [0.2, 0.25) is 0 Å². The number of nitrogens with zero attached hydrogens (tertiary/aromatic N) is 1. The number of aromatic carboxylic acids is 2. The molecular weight excluding hydrogens is 382 g/mol. The van der Waals surface area contributed by atoms with E-state index in [1.165, 1.54) is 12.1 Å². The minimum atomic E-state index is -1.11. The molecule has 4 aromatic rings. The van der Waals surface area contributed by atoms with Crippen molar-refractivity contribution in [2.45, 2.75) is 0 Å². The first-order valence-electron chi connectivity index (χ1n) is 9.07. The molecule has 0 unspecified atom stereocenters. The monoisotopic (exact) mass is 399 g/mol. The number of carbonyl (C=O) groups is 2. The third-order valence-electron chi connectivity index (χ3n) is 4.78. The lowest BCUT2D eigenvalue weighted by atomic mass is 10.0. The molecule has 0 radical (unpaired) electrons. The van der Waals surface area contributed by atoms with Gasteiger partial charge in [-0.15, -0.1) is 0 Å². The average molecular weight is 399 g/mol. The highest BCUT2D eigenvalue weighted by molar-refractivity contribution is 6.12. The van der Waals surface area contributed by atoms with Crippen LogP contribution in [0, 0.1) is 0 Å². The van der Waals surface area contributed by atoms with Gasteiger partial charge in [0.05, 0.1) is 16.8 Å². The Morgan fingerprint density at radius 2 is 1.33 bits per heavy atom. The zero-order valence-corrected chi connectivity index (χ0v) is 15.7. The van der Waals surface area contributed by atoms with Crippen molar-refractivity contribution in [2.75, 3.05) is 5.32 Å². The fourth-order valence-electron chi connectivity index (χ4n) is 3.43. The van der Waals surface area contributed by atoms with Crippen molar-refractivity contribution in [1.29, 1.82) is 0 Å². The fourth-order valence-corrected chi connectivity index (χ4v) is 3.43. The number of nitrogens with two attached hydrogens (primary N) is 1. The van der Waals surface area contributed by atoms with Crippen LogP contribution in [-0.2, 0) is 0 Å². The van der Waals surface area contributed by atoms with Crippen molar-refractivity contribution < 1.29 is 19.8 Å². The minimum Gasteiger partial charge on any atom is -0.478 e. The summed E-state index contributed by atoms with van der Waals surface area (Å²) in [6.07, 6.45) is 0. The quantitative estimate of drug-likeness (QED) is 0.297. The van der Waals surface area contributed by atoms with Crippen LogP contribution in [0.5, 0.6) is 0 Å². The summed E-state index contributed by atoms with van der Waals surface area (Å²) in [5.74, 6) is -2.15. The lowest BCUT2D eigenvalue weighted by Gasteiger charge is -2.12. The van der Waals surface area contributed by atoms with Crippen LogP contribution in [0.4, 0.5) is 11.4 Å².